The number of carbonyl (C=O) groups is 2. The number of halogens is 4. The number of nitrogens with one attached hydrogen (secondary N) is 1. The van der Waals surface area contributed by atoms with Gasteiger partial charge in [0.2, 0.25) is 0 Å². The van der Waals surface area contributed by atoms with Gasteiger partial charge in [-0.25, -0.2) is 0 Å². The van der Waals surface area contributed by atoms with Crippen LogP contribution >= 0.6 is 22.6 Å². The van der Waals surface area contributed by atoms with Crippen molar-refractivity contribution in [2.24, 2.45) is 0 Å². The van der Waals surface area contributed by atoms with Crippen LogP contribution in [-0.2, 0) is 15.8 Å². The fourth-order valence-electron chi connectivity index (χ4n) is 1.89. The van der Waals surface area contributed by atoms with Gasteiger partial charge >= 0.3 is 6.18 Å². The average molecular weight is 426 g/mol. The number of imide groups is 1. The number of aliphatic hydroxyl groups is 1. The van der Waals surface area contributed by atoms with Crippen LogP contribution in [0.3, 0.4) is 0 Å². The summed E-state index contributed by atoms with van der Waals surface area (Å²) in [7, 11) is 0. The van der Waals surface area contributed by atoms with Gasteiger partial charge in [0.25, 0.3) is 11.8 Å². The van der Waals surface area contributed by atoms with Crippen LogP contribution in [0.15, 0.2) is 30.0 Å². The van der Waals surface area contributed by atoms with Crippen molar-refractivity contribution in [3.63, 3.8) is 0 Å². The molecule has 1 aromatic rings. The molecule has 22 heavy (non-hydrogen) atoms. The summed E-state index contributed by atoms with van der Waals surface area (Å²) in [5.41, 5.74) is -0.915. The Morgan fingerprint density at radius 1 is 1.27 bits per heavy atom. The van der Waals surface area contributed by atoms with Crippen molar-refractivity contribution < 1.29 is 27.9 Å². The third kappa shape index (κ3) is 3.40. The number of benzene rings is 1. The number of amides is 2. The lowest BCUT2D eigenvalue weighted by molar-refractivity contribution is -0.139. The lowest BCUT2D eigenvalue weighted by atomic mass is 10.2. The molecule has 0 saturated heterocycles. The summed E-state index contributed by atoms with van der Waals surface area (Å²) in [6.07, 6.45) is -3.52. The Kier molecular flexibility index (Phi) is 4.75. The second-order valence-electron chi connectivity index (χ2n) is 4.39. The highest BCUT2D eigenvalue weighted by Crippen LogP contribution is 2.34. The number of anilines is 1. The van der Waals surface area contributed by atoms with E-state index in [2.05, 4.69) is 5.32 Å². The maximum atomic E-state index is 12.8. The maximum absolute atomic E-state index is 12.8. The molecule has 9 heteroatoms. The maximum Gasteiger partial charge on any atom is 0.417 e. The van der Waals surface area contributed by atoms with Crippen LogP contribution in [0.25, 0.3) is 0 Å². The van der Waals surface area contributed by atoms with E-state index in [0.29, 0.717) is 0 Å². The van der Waals surface area contributed by atoms with Crippen LogP contribution in [0, 0.1) is 3.57 Å². The fourth-order valence-corrected chi connectivity index (χ4v) is 2.53. The molecule has 0 bridgehead atoms. The molecule has 2 amide bonds. The van der Waals surface area contributed by atoms with Crippen LogP contribution in [0.5, 0.6) is 0 Å². The summed E-state index contributed by atoms with van der Waals surface area (Å²) >= 11 is 1.57. The Labute approximate surface area is 136 Å². The number of carbonyl (C=O) groups excluding carboxylic acids is 2. The number of rotatable bonds is 4. The molecule has 0 spiro atoms. The number of aliphatic hydroxyl groups excluding tert-OH is 1. The van der Waals surface area contributed by atoms with E-state index in [1.165, 1.54) is 12.1 Å². The zero-order valence-electron chi connectivity index (χ0n) is 10.9. The Morgan fingerprint density at radius 3 is 2.55 bits per heavy atom. The second-order valence-corrected chi connectivity index (χ2v) is 5.56. The molecular weight excluding hydrogens is 416 g/mol. The first-order valence-corrected chi connectivity index (χ1v) is 7.14. The van der Waals surface area contributed by atoms with E-state index in [0.717, 1.165) is 17.0 Å². The van der Waals surface area contributed by atoms with Crippen molar-refractivity contribution in [1.29, 1.82) is 0 Å². The van der Waals surface area contributed by atoms with Crippen molar-refractivity contribution in [1.82, 2.24) is 4.90 Å². The molecule has 1 heterocycles. The van der Waals surface area contributed by atoms with Crippen molar-refractivity contribution in [3.8, 4) is 0 Å². The highest BCUT2D eigenvalue weighted by Gasteiger charge is 2.34. The number of hydrogen-bond acceptors (Lipinski definition) is 4. The summed E-state index contributed by atoms with van der Waals surface area (Å²) in [5, 5.41) is 11.3. The molecule has 1 aliphatic rings. The summed E-state index contributed by atoms with van der Waals surface area (Å²) in [4.78, 5) is 24.3. The minimum Gasteiger partial charge on any atom is -0.395 e. The van der Waals surface area contributed by atoms with Crippen LogP contribution < -0.4 is 5.32 Å². The largest absolute Gasteiger partial charge is 0.417 e. The minimum absolute atomic E-state index is 0.0281. The van der Waals surface area contributed by atoms with Gasteiger partial charge in [-0.05, 0) is 40.8 Å². The molecule has 2 N–H and O–H groups in total. The molecule has 0 fully saturated rings. The predicted octanol–water partition coefficient (Wildman–Crippen LogP) is 1.97. The van der Waals surface area contributed by atoms with E-state index in [9.17, 15) is 22.8 Å². The molecule has 1 aromatic carbocycles. The lowest BCUT2D eigenvalue weighted by Crippen LogP contribution is -2.34. The summed E-state index contributed by atoms with van der Waals surface area (Å²) in [5.74, 6) is -1.31. The molecule has 0 unspecified atom stereocenters. The SMILES string of the molecule is O=C1C=C(Nc2ccc(I)c(C(F)(F)F)c2)C(=O)N1CCO. The van der Waals surface area contributed by atoms with Gasteiger partial charge in [0.15, 0.2) is 0 Å². The predicted molar refractivity (Wildman–Crippen MR) is 79.7 cm³/mol. The first-order chi connectivity index (χ1) is 10.2. The van der Waals surface area contributed by atoms with E-state index >= 15 is 0 Å². The van der Waals surface area contributed by atoms with Gasteiger partial charge in [0, 0.05) is 15.3 Å². The molecule has 0 aromatic heterocycles. The van der Waals surface area contributed by atoms with Gasteiger partial charge in [0.05, 0.1) is 18.7 Å². The van der Waals surface area contributed by atoms with Crippen LogP contribution in [0.1, 0.15) is 5.56 Å². The standard InChI is InChI=1S/C13H10F3IN2O3/c14-13(15,16)8-5-7(1-2-9(8)17)18-10-6-11(21)19(3-4-20)12(10)22/h1-2,5-6,18,20H,3-4H2. The summed E-state index contributed by atoms with van der Waals surface area (Å²) in [6, 6.07) is 3.51. The molecule has 118 valence electrons. The first kappa shape index (κ1) is 16.7. The minimum atomic E-state index is -4.51. The van der Waals surface area contributed by atoms with Crippen molar-refractivity contribution >= 4 is 40.1 Å². The van der Waals surface area contributed by atoms with E-state index < -0.39 is 23.6 Å². The summed E-state index contributed by atoms with van der Waals surface area (Å²) < 4.78 is 38.5. The smallest absolute Gasteiger partial charge is 0.395 e. The van der Waals surface area contributed by atoms with E-state index in [4.69, 9.17) is 5.11 Å². The molecule has 2 rings (SSSR count). The molecule has 0 aliphatic carbocycles. The number of hydrogen-bond donors (Lipinski definition) is 2. The third-order valence-electron chi connectivity index (χ3n) is 2.88. The monoisotopic (exact) mass is 426 g/mol. The van der Waals surface area contributed by atoms with E-state index in [-0.39, 0.29) is 28.1 Å². The van der Waals surface area contributed by atoms with E-state index in [1.54, 1.807) is 22.6 Å². The van der Waals surface area contributed by atoms with Gasteiger partial charge in [-0.15, -0.1) is 0 Å². The van der Waals surface area contributed by atoms with Crippen molar-refractivity contribution in [2.75, 3.05) is 18.5 Å². The molecule has 5 nitrogen and oxygen atoms in total. The van der Waals surface area contributed by atoms with Crippen LogP contribution in [-0.4, -0.2) is 35.0 Å². The first-order valence-electron chi connectivity index (χ1n) is 6.06. The Morgan fingerprint density at radius 2 is 1.95 bits per heavy atom. The average Bonchev–Trinajstić information content (AvgIpc) is 2.68. The second kappa shape index (κ2) is 6.24. The van der Waals surface area contributed by atoms with Gasteiger partial charge < -0.3 is 10.4 Å². The molecular formula is C13H10F3IN2O3. The number of β-amino-alcohol motifs (C(OH)–C–C–N with tert-alkyl or cyclic N) is 1. The molecule has 0 atom stereocenters. The number of alkyl halides is 3. The summed E-state index contributed by atoms with van der Waals surface area (Å²) in [6.45, 7) is -0.555. The lowest BCUT2D eigenvalue weighted by Gasteiger charge is -2.15. The molecule has 1 aliphatic heterocycles. The molecule has 0 saturated carbocycles. The van der Waals surface area contributed by atoms with Gasteiger partial charge in [-0.1, -0.05) is 0 Å². The Balaban J connectivity index is 2.24. The Bertz CT molecular complexity index is 658. The zero-order chi connectivity index (χ0) is 16.5. The quantitative estimate of drug-likeness (QED) is 0.571. The molecule has 0 radical (unpaired) electrons. The highest BCUT2D eigenvalue weighted by molar-refractivity contribution is 14.1. The van der Waals surface area contributed by atoms with Crippen LogP contribution in [0.4, 0.5) is 18.9 Å². The topological polar surface area (TPSA) is 69.6 Å². The fraction of sp³-hybridized carbons (Fsp3) is 0.231. The Hall–Kier alpha value is -1.62. The normalized spacial score (nSPS) is 15.3. The van der Waals surface area contributed by atoms with Gasteiger partial charge in [0.1, 0.15) is 5.70 Å². The zero-order valence-corrected chi connectivity index (χ0v) is 13.1. The van der Waals surface area contributed by atoms with Crippen molar-refractivity contribution in [3.05, 3.63) is 39.1 Å². The van der Waals surface area contributed by atoms with Gasteiger partial charge in [-0.3, -0.25) is 14.5 Å². The third-order valence-corrected chi connectivity index (χ3v) is 3.82. The number of nitrogens with zero attached hydrogens (tertiary/aromatic N) is 1. The van der Waals surface area contributed by atoms with Crippen molar-refractivity contribution in [2.45, 2.75) is 6.18 Å². The van der Waals surface area contributed by atoms with E-state index in [1.807, 2.05) is 0 Å². The van der Waals surface area contributed by atoms with Gasteiger partial charge in [-0.2, -0.15) is 13.2 Å². The highest BCUT2D eigenvalue weighted by atomic mass is 127. The van der Waals surface area contributed by atoms with Crippen LogP contribution in [0.2, 0.25) is 0 Å².